The average Bonchev–Trinajstić information content (AvgIpc) is 2.76. The first-order valence-corrected chi connectivity index (χ1v) is 7.31. The maximum Gasteiger partial charge on any atom is 0.0630 e. The van der Waals surface area contributed by atoms with Crippen LogP contribution >= 0.6 is 11.6 Å². The molecule has 2 fully saturated rings. The van der Waals surface area contributed by atoms with Gasteiger partial charge in [0.1, 0.15) is 0 Å². The van der Waals surface area contributed by atoms with Crippen LogP contribution < -0.4 is 0 Å². The van der Waals surface area contributed by atoms with E-state index in [1.165, 1.54) is 44.2 Å². The predicted octanol–water partition coefficient (Wildman–Crippen LogP) is 3.95. The van der Waals surface area contributed by atoms with E-state index in [0.717, 1.165) is 6.42 Å². The molecule has 0 spiro atoms. The second-order valence-corrected chi connectivity index (χ2v) is 6.54. The molecule has 2 nitrogen and oxygen atoms in total. The van der Waals surface area contributed by atoms with E-state index in [9.17, 15) is 0 Å². The maximum absolute atomic E-state index is 6.28. The van der Waals surface area contributed by atoms with Crippen LogP contribution in [0.2, 0.25) is 0 Å². The van der Waals surface area contributed by atoms with E-state index in [1.807, 2.05) is 0 Å². The van der Waals surface area contributed by atoms with Gasteiger partial charge in [0.15, 0.2) is 0 Å². The zero-order valence-corrected chi connectivity index (χ0v) is 11.3. The van der Waals surface area contributed by atoms with Crippen molar-refractivity contribution in [1.82, 2.24) is 9.78 Å². The predicted molar refractivity (Wildman–Crippen MR) is 70.4 cm³/mol. The Labute approximate surface area is 108 Å². The van der Waals surface area contributed by atoms with Gasteiger partial charge in [-0.1, -0.05) is 12.8 Å². The quantitative estimate of drug-likeness (QED) is 0.742. The minimum Gasteiger partial charge on any atom is -0.269 e. The van der Waals surface area contributed by atoms with E-state index in [0.29, 0.717) is 11.5 Å². The van der Waals surface area contributed by atoms with E-state index in [-0.39, 0.29) is 5.38 Å². The van der Waals surface area contributed by atoms with Crippen LogP contribution in [0.3, 0.4) is 0 Å². The fourth-order valence-corrected chi connectivity index (χ4v) is 3.38. The van der Waals surface area contributed by atoms with Gasteiger partial charge in [-0.3, -0.25) is 4.68 Å². The number of hydrogen-bond donors (Lipinski definition) is 0. The Morgan fingerprint density at radius 3 is 2.76 bits per heavy atom. The Hall–Kier alpha value is -0.500. The highest BCUT2D eigenvalue weighted by atomic mass is 35.5. The highest BCUT2D eigenvalue weighted by Gasteiger charge is 2.47. The van der Waals surface area contributed by atoms with Crippen LogP contribution in [0.5, 0.6) is 0 Å². The van der Waals surface area contributed by atoms with E-state index in [4.69, 9.17) is 16.7 Å². The molecular weight excluding hydrogens is 232 g/mol. The molecule has 0 bridgehead atoms. The zero-order chi connectivity index (χ0) is 11.9. The summed E-state index contributed by atoms with van der Waals surface area (Å²) >= 11 is 6.28. The molecule has 0 N–H and O–H groups in total. The number of aromatic nitrogens is 2. The lowest BCUT2D eigenvalue weighted by Gasteiger charge is -2.16. The van der Waals surface area contributed by atoms with E-state index in [2.05, 4.69) is 23.9 Å². The number of alkyl halides is 1. The van der Waals surface area contributed by atoms with Gasteiger partial charge in [-0.2, -0.15) is 5.10 Å². The fraction of sp³-hybridized carbons (Fsp3) is 0.786. The summed E-state index contributed by atoms with van der Waals surface area (Å²) in [6.45, 7) is 2.13. The first-order valence-electron chi connectivity index (χ1n) is 6.88. The van der Waals surface area contributed by atoms with E-state index in [1.54, 1.807) is 0 Å². The second-order valence-electron chi connectivity index (χ2n) is 5.88. The first-order chi connectivity index (χ1) is 8.20. The molecule has 1 heterocycles. The molecular formula is C14H21ClN2. The van der Waals surface area contributed by atoms with Crippen molar-refractivity contribution >= 4 is 11.6 Å². The number of rotatable bonds is 4. The van der Waals surface area contributed by atoms with Gasteiger partial charge in [-0.25, -0.2) is 0 Å². The minimum atomic E-state index is 0.277. The van der Waals surface area contributed by atoms with Crippen LogP contribution in [0.25, 0.3) is 0 Å². The van der Waals surface area contributed by atoms with E-state index >= 15 is 0 Å². The van der Waals surface area contributed by atoms with E-state index < -0.39 is 0 Å². The van der Waals surface area contributed by atoms with Gasteiger partial charge >= 0.3 is 0 Å². The minimum absolute atomic E-state index is 0.277. The van der Waals surface area contributed by atoms with Crippen LogP contribution in [0.1, 0.15) is 57.2 Å². The lowest BCUT2D eigenvalue weighted by atomic mass is 9.97. The molecule has 1 atom stereocenters. The summed E-state index contributed by atoms with van der Waals surface area (Å²) in [5.74, 6) is 0. The van der Waals surface area contributed by atoms with Crippen molar-refractivity contribution in [1.29, 1.82) is 0 Å². The summed E-state index contributed by atoms with van der Waals surface area (Å²) in [5.41, 5.74) is 1.60. The molecule has 17 heavy (non-hydrogen) atoms. The molecule has 2 saturated carbocycles. The zero-order valence-electron chi connectivity index (χ0n) is 10.5. The molecule has 1 aromatic rings. The Morgan fingerprint density at radius 2 is 2.18 bits per heavy atom. The summed E-state index contributed by atoms with van der Waals surface area (Å²) in [6.07, 6.45) is 11.1. The molecule has 0 saturated heterocycles. The lowest BCUT2D eigenvalue weighted by Crippen LogP contribution is -2.16. The van der Waals surface area contributed by atoms with Crippen molar-refractivity contribution in [2.45, 2.75) is 63.3 Å². The fourth-order valence-electron chi connectivity index (χ4n) is 3.08. The van der Waals surface area contributed by atoms with Crippen molar-refractivity contribution < 1.29 is 0 Å². The number of halogens is 1. The third-order valence-corrected chi connectivity index (χ3v) is 5.09. The Morgan fingerprint density at radius 1 is 1.47 bits per heavy atom. The number of nitrogens with zero attached hydrogens (tertiary/aromatic N) is 2. The third-order valence-electron chi connectivity index (χ3n) is 4.63. The highest BCUT2D eigenvalue weighted by Crippen LogP contribution is 2.53. The van der Waals surface area contributed by atoms with Crippen molar-refractivity contribution in [2.75, 3.05) is 0 Å². The van der Waals surface area contributed by atoms with Crippen molar-refractivity contribution in [3.63, 3.8) is 0 Å². The van der Waals surface area contributed by atoms with Gasteiger partial charge < -0.3 is 0 Å². The summed E-state index contributed by atoms with van der Waals surface area (Å²) < 4.78 is 2.19. The van der Waals surface area contributed by atoms with Crippen LogP contribution in [0, 0.1) is 5.41 Å². The monoisotopic (exact) mass is 252 g/mol. The molecule has 0 aliphatic heterocycles. The third kappa shape index (κ3) is 2.24. The SMILES string of the molecule is CC(Cl)C1(Cc2ccn(C3CCCC3)n2)CC1. The molecule has 94 valence electrons. The molecule has 1 aromatic heterocycles. The Bertz CT molecular complexity index is 387. The smallest absolute Gasteiger partial charge is 0.0630 e. The van der Waals surface area contributed by atoms with Crippen molar-refractivity contribution in [3.8, 4) is 0 Å². The van der Waals surface area contributed by atoms with Crippen LogP contribution in [-0.4, -0.2) is 15.2 Å². The van der Waals surface area contributed by atoms with Gasteiger partial charge in [-0.15, -0.1) is 11.6 Å². The van der Waals surface area contributed by atoms with Crippen LogP contribution in [0.4, 0.5) is 0 Å². The summed E-state index contributed by atoms with van der Waals surface area (Å²) in [5, 5.41) is 5.03. The van der Waals surface area contributed by atoms with Crippen LogP contribution in [0.15, 0.2) is 12.3 Å². The topological polar surface area (TPSA) is 17.8 Å². The normalized spacial score (nSPS) is 25.1. The highest BCUT2D eigenvalue weighted by molar-refractivity contribution is 6.21. The molecule has 0 radical (unpaired) electrons. The van der Waals surface area contributed by atoms with Gasteiger partial charge in [-0.05, 0) is 50.5 Å². The molecule has 0 amide bonds. The molecule has 2 aliphatic rings. The molecule has 1 unspecified atom stereocenters. The van der Waals surface area contributed by atoms with Crippen molar-refractivity contribution in [3.05, 3.63) is 18.0 Å². The molecule has 0 aromatic carbocycles. The van der Waals surface area contributed by atoms with Gasteiger partial charge in [0.05, 0.1) is 11.7 Å². The molecule has 3 heteroatoms. The second kappa shape index (κ2) is 4.31. The largest absolute Gasteiger partial charge is 0.269 e. The van der Waals surface area contributed by atoms with Gasteiger partial charge in [0.25, 0.3) is 0 Å². The summed E-state index contributed by atoms with van der Waals surface area (Å²) in [6, 6.07) is 2.85. The van der Waals surface area contributed by atoms with Crippen molar-refractivity contribution in [2.24, 2.45) is 5.41 Å². The summed E-state index contributed by atoms with van der Waals surface area (Å²) in [7, 11) is 0. The maximum atomic E-state index is 6.28. The standard InChI is InChI=1S/C14H21ClN2/c1-11(15)14(7-8-14)10-12-6-9-17(16-12)13-4-2-3-5-13/h6,9,11,13H,2-5,7-8,10H2,1H3. The van der Waals surface area contributed by atoms with Crippen LogP contribution in [-0.2, 0) is 6.42 Å². The lowest BCUT2D eigenvalue weighted by molar-refractivity contribution is 0.446. The average molecular weight is 253 g/mol. The van der Waals surface area contributed by atoms with Gasteiger partial charge in [0, 0.05) is 11.6 Å². The Balaban J connectivity index is 1.68. The summed E-state index contributed by atoms with van der Waals surface area (Å²) in [4.78, 5) is 0. The molecule has 3 rings (SSSR count). The van der Waals surface area contributed by atoms with Gasteiger partial charge in [0.2, 0.25) is 0 Å². The Kier molecular flexibility index (Phi) is 2.94. The molecule has 2 aliphatic carbocycles. The first kappa shape index (κ1) is 11.6. The number of hydrogen-bond acceptors (Lipinski definition) is 1.